The molecule has 1 aliphatic rings. The molecule has 94 valence electrons. The number of nitrogens with zero attached hydrogens (tertiary/aromatic N) is 2. The lowest BCUT2D eigenvalue weighted by Crippen LogP contribution is -2.23. The standard InChI is InChI=1S/C14H15BrN2O/c15-13-4-2-1-3-12(13)14-16-7-11-6-5-10(9-18)8-17(11)14/h1-4,7,10,18H,5-6,8-9H2. The average Bonchev–Trinajstić information content (AvgIpc) is 2.82. The molecule has 3 rings (SSSR count). The second kappa shape index (κ2) is 4.86. The van der Waals surface area contributed by atoms with Gasteiger partial charge in [0, 0.05) is 41.0 Å². The van der Waals surface area contributed by atoms with E-state index in [9.17, 15) is 5.11 Å². The number of halogens is 1. The molecule has 2 heterocycles. The van der Waals surface area contributed by atoms with E-state index in [1.54, 1.807) is 0 Å². The molecule has 1 atom stereocenters. The van der Waals surface area contributed by atoms with Gasteiger partial charge in [-0.3, -0.25) is 0 Å². The van der Waals surface area contributed by atoms with Crippen molar-refractivity contribution in [2.24, 2.45) is 5.92 Å². The molecule has 0 spiro atoms. The largest absolute Gasteiger partial charge is 0.396 e. The van der Waals surface area contributed by atoms with Crippen molar-refractivity contribution in [2.75, 3.05) is 6.61 Å². The van der Waals surface area contributed by atoms with E-state index in [1.807, 2.05) is 24.4 Å². The van der Waals surface area contributed by atoms with Gasteiger partial charge in [0.05, 0.1) is 0 Å². The monoisotopic (exact) mass is 306 g/mol. The highest BCUT2D eigenvalue weighted by Crippen LogP contribution is 2.31. The van der Waals surface area contributed by atoms with E-state index in [0.717, 1.165) is 35.2 Å². The maximum atomic E-state index is 9.33. The predicted molar refractivity (Wildman–Crippen MR) is 74.3 cm³/mol. The van der Waals surface area contributed by atoms with Crippen molar-refractivity contribution in [2.45, 2.75) is 19.4 Å². The van der Waals surface area contributed by atoms with Crippen LogP contribution >= 0.6 is 15.9 Å². The molecule has 0 radical (unpaired) electrons. The number of aryl methyl sites for hydroxylation is 1. The van der Waals surface area contributed by atoms with Crippen LogP contribution in [0, 0.1) is 5.92 Å². The first-order valence-corrected chi connectivity index (χ1v) is 6.99. The van der Waals surface area contributed by atoms with E-state index in [2.05, 4.69) is 31.5 Å². The summed E-state index contributed by atoms with van der Waals surface area (Å²) < 4.78 is 3.30. The molecule has 3 nitrogen and oxygen atoms in total. The molecule has 1 aliphatic heterocycles. The maximum Gasteiger partial charge on any atom is 0.141 e. The molecule has 0 fully saturated rings. The summed E-state index contributed by atoms with van der Waals surface area (Å²) in [7, 11) is 0. The number of benzene rings is 1. The number of hydrogen-bond donors (Lipinski definition) is 1. The molecule has 0 saturated carbocycles. The van der Waals surface area contributed by atoms with E-state index in [-0.39, 0.29) is 6.61 Å². The van der Waals surface area contributed by atoms with Gasteiger partial charge in [-0.1, -0.05) is 34.1 Å². The average molecular weight is 307 g/mol. The summed E-state index contributed by atoms with van der Waals surface area (Å²) in [4.78, 5) is 4.55. The molecular formula is C14H15BrN2O. The third-order valence-corrected chi connectivity index (χ3v) is 4.25. The van der Waals surface area contributed by atoms with E-state index in [1.165, 1.54) is 5.69 Å². The highest BCUT2D eigenvalue weighted by Gasteiger charge is 2.22. The van der Waals surface area contributed by atoms with Crippen LogP contribution in [0.15, 0.2) is 34.9 Å². The molecule has 0 saturated heterocycles. The Labute approximate surface area is 115 Å². The summed E-state index contributed by atoms with van der Waals surface area (Å²) in [5, 5.41) is 9.33. The SMILES string of the molecule is OCC1CCc2cnc(-c3ccccc3Br)n2C1. The Morgan fingerprint density at radius 3 is 3.00 bits per heavy atom. The predicted octanol–water partition coefficient (Wildman–Crippen LogP) is 2.87. The fourth-order valence-corrected chi connectivity index (χ4v) is 2.98. The van der Waals surface area contributed by atoms with Gasteiger partial charge >= 0.3 is 0 Å². The fraction of sp³-hybridized carbons (Fsp3) is 0.357. The van der Waals surface area contributed by atoms with Crippen LogP contribution in [0.25, 0.3) is 11.4 Å². The van der Waals surface area contributed by atoms with Crippen molar-refractivity contribution in [1.29, 1.82) is 0 Å². The van der Waals surface area contributed by atoms with Crippen molar-refractivity contribution in [3.8, 4) is 11.4 Å². The molecule has 1 aromatic heterocycles. The van der Waals surface area contributed by atoms with Crippen LogP contribution in [-0.2, 0) is 13.0 Å². The van der Waals surface area contributed by atoms with Crippen LogP contribution in [0.1, 0.15) is 12.1 Å². The van der Waals surface area contributed by atoms with E-state index in [0.29, 0.717) is 5.92 Å². The van der Waals surface area contributed by atoms with Gasteiger partial charge in [-0.15, -0.1) is 0 Å². The molecule has 0 bridgehead atoms. The lowest BCUT2D eigenvalue weighted by Gasteiger charge is -2.24. The van der Waals surface area contributed by atoms with E-state index >= 15 is 0 Å². The molecule has 18 heavy (non-hydrogen) atoms. The third kappa shape index (κ3) is 1.99. The number of rotatable bonds is 2. The quantitative estimate of drug-likeness (QED) is 0.926. The maximum absolute atomic E-state index is 9.33. The van der Waals surface area contributed by atoms with Gasteiger partial charge in [0.2, 0.25) is 0 Å². The number of aromatic nitrogens is 2. The van der Waals surface area contributed by atoms with Gasteiger partial charge in [-0.05, 0) is 18.9 Å². The summed E-state index contributed by atoms with van der Waals surface area (Å²) in [6, 6.07) is 8.13. The smallest absolute Gasteiger partial charge is 0.141 e. The highest BCUT2D eigenvalue weighted by atomic mass is 79.9. The second-order valence-corrected chi connectivity index (χ2v) is 5.61. The highest BCUT2D eigenvalue weighted by molar-refractivity contribution is 9.10. The van der Waals surface area contributed by atoms with Crippen molar-refractivity contribution in [3.05, 3.63) is 40.6 Å². The van der Waals surface area contributed by atoms with Crippen molar-refractivity contribution >= 4 is 15.9 Å². The summed E-state index contributed by atoms with van der Waals surface area (Å²) in [6.07, 6.45) is 4.02. The number of fused-ring (bicyclic) bond motifs is 1. The number of aliphatic hydroxyl groups excluding tert-OH is 1. The Kier molecular flexibility index (Phi) is 3.22. The zero-order valence-corrected chi connectivity index (χ0v) is 11.6. The van der Waals surface area contributed by atoms with Gasteiger partial charge in [0.1, 0.15) is 5.82 Å². The molecular weight excluding hydrogens is 292 g/mol. The molecule has 0 amide bonds. The Hall–Kier alpha value is -1.13. The zero-order chi connectivity index (χ0) is 12.5. The normalized spacial score (nSPS) is 18.7. The van der Waals surface area contributed by atoms with Gasteiger partial charge in [-0.2, -0.15) is 0 Å². The molecule has 4 heteroatoms. The lowest BCUT2D eigenvalue weighted by atomic mass is 9.99. The van der Waals surface area contributed by atoms with E-state index < -0.39 is 0 Å². The van der Waals surface area contributed by atoms with Crippen LogP contribution in [0.4, 0.5) is 0 Å². The summed E-state index contributed by atoms with van der Waals surface area (Å²) in [5.74, 6) is 1.35. The lowest BCUT2D eigenvalue weighted by molar-refractivity contribution is 0.192. The molecule has 1 unspecified atom stereocenters. The molecule has 1 aromatic carbocycles. The Morgan fingerprint density at radius 2 is 2.22 bits per heavy atom. The summed E-state index contributed by atoms with van der Waals surface area (Å²) >= 11 is 3.58. The Morgan fingerprint density at radius 1 is 1.39 bits per heavy atom. The third-order valence-electron chi connectivity index (χ3n) is 3.56. The van der Waals surface area contributed by atoms with Crippen LogP contribution in [-0.4, -0.2) is 21.3 Å². The van der Waals surface area contributed by atoms with Crippen molar-refractivity contribution in [1.82, 2.24) is 9.55 Å². The van der Waals surface area contributed by atoms with Crippen molar-refractivity contribution in [3.63, 3.8) is 0 Å². The van der Waals surface area contributed by atoms with Gasteiger partial charge in [0.25, 0.3) is 0 Å². The Bertz CT molecular complexity index is 565. The number of hydrogen-bond acceptors (Lipinski definition) is 2. The first-order chi connectivity index (χ1) is 8.79. The van der Waals surface area contributed by atoms with Gasteiger partial charge < -0.3 is 9.67 Å². The van der Waals surface area contributed by atoms with Crippen LogP contribution in [0.2, 0.25) is 0 Å². The zero-order valence-electron chi connectivity index (χ0n) is 10.0. The molecule has 1 N–H and O–H groups in total. The first kappa shape index (κ1) is 11.9. The summed E-state index contributed by atoms with van der Waals surface area (Å²) in [6.45, 7) is 1.12. The minimum absolute atomic E-state index is 0.257. The number of aliphatic hydroxyl groups is 1. The molecule has 0 aliphatic carbocycles. The number of imidazole rings is 1. The minimum atomic E-state index is 0.257. The summed E-state index contributed by atoms with van der Waals surface area (Å²) in [5.41, 5.74) is 2.38. The van der Waals surface area contributed by atoms with Crippen molar-refractivity contribution < 1.29 is 5.11 Å². The van der Waals surface area contributed by atoms with Crippen LogP contribution in [0.3, 0.4) is 0 Å². The van der Waals surface area contributed by atoms with Crippen LogP contribution < -0.4 is 0 Å². The van der Waals surface area contributed by atoms with Gasteiger partial charge in [0.15, 0.2) is 0 Å². The Balaban J connectivity index is 2.05. The minimum Gasteiger partial charge on any atom is -0.396 e. The second-order valence-electron chi connectivity index (χ2n) is 4.75. The topological polar surface area (TPSA) is 38.1 Å². The molecule has 2 aromatic rings. The van der Waals surface area contributed by atoms with E-state index in [4.69, 9.17) is 0 Å². The fourth-order valence-electron chi connectivity index (χ4n) is 2.52. The van der Waals surface area contributed by atoms with Crippen LogP contribution in [0.5, 0.6) is 0 Å². The van der Waals surface area contributed by atoms with Gasteiger partial charge in [-0.25, -0.2) is 4.98 Å². The first-order valence-electron chi connectivity index (χ1n) is 6.19.